The minimum atomic E-state index is 0.819. The molecule has 10 heavy (non-hydrogen) atoms. The van der Waals surface area contributed by atoms with E-state index in [0.29, 0.717) is 0 Å². The van der Waals surface area contributed by atoms with Crippen LogP contribution in [0, 0.1) is 0 Å². The third kappa shape index (κ3) is 15.7. The molecule has 1 heterocycles. The normalized spacial score (nSPS) is 13.2. The first-order valence-corrected chi connectivity index (χ1v) is 4.11. The van der Waals surface area contributed by atoms with E-state index in [9.17, 15) is 0 Å². The summed E-state index contributed by atoms with van der Waals surface area (Å²) >= 11 is 0. The summed E-state index contributed by atoms with van der Waals surface area (Å²) in [6, 6.07) is 0. The third-order valence-corrected chi connectivity index (χ3v) is 0.996. The Balaban J connectivity index is 0. The summed E-state index contributed by atoms with van der Waals surface area (Å²) in [5, 5.41) is 3.11. The van der Waals surface area contributed by atoms with Crippen molar-refractivity contribution in [1.82, 2.24) is 5.32 Å². The van der Waals surface area contributed by atoms with Crippen molar-refractivity contribution in [1.29, 1.82) is 0 Å². The summed E-state index contributed by atoms with van der Waals surface area (Å²) in [5.74, 6) is 0. The molecule has 64 valence electrons. The summed E-state index contributed by atoms with van der Waals surface area (Å²) in [4.78, 5) is 0. The van der Waals surface area contributed by atoms with Crippen LogP contribution in [0.5, 0.6) is 0 Å². The van der Waals surface area contributed by atoms with E-state index in [1.807, 2.05) is 20.8 Å². The summed E-state index contributed by atoms with van der Waals surface area (Å²) in [5.41, 5.74) is 0. The SMILES string of the molecule is C1CNC1.CC.CCOC. The van der Waals surface area contributed by atoms with Gasteiger partial charge >= 0.3 is 0 Å². The van der Waals surface area contributed by atoms with Crippen LogP contribution in [-0.2, 0) is 4.74 Å². The van der Waals surface area contributed by atoms with Crippen molar-refractivity contribution in [3.8, 4) is 0 Å². The number of nitrogens with one attached hydrogen (secondary N) is 1. The molecule has 0 atom stereocenters. The Morgan fingerprint density at radius 1 is 1.30 bits per heavy atom. The smallest absolute Gasteiger partial charge is 0.0433 e. The molecule has 0 amide bonds. The van der Waals surface area contributed by atoms with E-state index >= 15 is 0 Å². The molecule has 0 saturated carbocycles. The van der Waals surface area contributed by atoms with Crippen LogP contribution < -0.4 is 5.32 Å². The molecular formula is C8H21NO. The van der Waals surface area contributed by atoms with Gasteiger partial charge in [0, 0.05) is 13.7 Å². The van der Waals surface area contributed by atoms with Gasteiger partial charge in [-0.15, -0.1) is 0 Å². The van der Waals surface area contributed by atoms with Crippen LogP contribution in [0.4, 0.5) is 0 Å². The van der Waals surface area contributed by atoms with Crippen molar-refractivity contribution >= 4 is 0 Å². The zero-order valence-electron chi connectivity index (χ0n) is 7.74. The molecule has 1 aliphatic rings. The molecule has 1 N–H and O–H groups in total. The van der Waals surface area contributed by atoms with Crippen molar-refractivity contribution in [2.75, 3.05) is 26.8 Å². The fraction of sp³-hybridized carbons (Fsp3) is 1.00. The number of hydrogen-bond donors (Lipinski definition) is 1. The Kier molecular flexibility index (Phi) is 20.1. The maximum Gasteiger partial charge on any atom is 0.0433 e. The Bertz CT molecular complexity index is 30.2. The fourth-order valence-electron chi connectivity index (χ4n) is 0.177. The standard InChI is InChI=1S/C3H7N.C3H8O.C2H6/c1-2-4-3-1;1-3-4-2;1-2/h4H,1-3H2;3H2,1-2H3;1-2H3. The molecule has 0 aromatic carbocycles. The van der Waals surface area contributed by atoms with Crippen molar-refractivity contribution in [2.45, 2.75) is 27.2 Å². The van der Waals surface area contributed by atoms with Gasteiger partial charge in [-0.2, -0.15) is 0 Å². The molecule has 0 aromatic rings. The highest BCUT2D eigenvalue weighted by atomic mass is 16.5. The van der Waals surface area contributed by atoms with Crippen LogP contribution in [0.25, 0.3) is 0 Å². The highest BCUT2D eigenvalue weighted by molar-refractivity contribution is 4.56. The van der Waals surface area contributed by atoms with E-state index in [1.165, 1.54) is 19.5 Å². The number of ether oxygens (including phenoxy) is 1. The van der Waals surface area contributed by atoms with Gasteiger partial charge in [0.2, 0.25) is 0 Å². The maximum absolute atomic E-state index is 4.54. The van der Waals surface area contributed by atoms with Crippen LogP contribution >= 0.6 is 0 Å². The number of hydrogen-bond acceptors (Lipinski definition) is 2. The average molecular weight is 147 g/mol. The van der Waals surface area contributed by atoms with Crippen molar-refractivity contribution in [2.24, 2.45) is 0 Å². The minimum absolute atomic E-state index is 0.819. The monoisotopic (exact) mass is 147 g/mol. The van der Waals surface area contributed by atoms with Gasteiger partial charge in [0.05, 0.1) is 0 Å². The molecule has 1 rings (SSSR count). The lowest BCUT2D eigenvalue weighted by Crippen LogP contribution is -2.29. The zero-order chi connectivity index (χ0) is 8.24. The first-order valence-electron chi connectivity index (χ1n) is 4.11. The Morgan fingerprint density at radius 2 is 1.50 bits per heavy atom. The van der Waals surface area contributed by atoms with Gasteiger partial charge in [-0.1, -0.05) is 13.8 Å². The highest BCUT2D eigenvalue weighted by Gasteiger charge is 1.92. The van der Waals surface area contributed by atoms with Crippen molar-refractivity contribution in [3.63, 3.8) is 0 Å². The molecule has 1 saturated heterocycles. The van der Waals surface area contributed by atoms with Crippen LogP contribution in [0.3, 0.4) is 0 Å². The van der Waals surface area contributed by atoms with E-state index in [4.69, 9.17) is 0 Å². The fourth-order valence-corrected chi connectivity index (χ4v) is 0.177. The first kappa shape index (κ1) is 12.6. The molecule has 2 nitrogen and oxygen atoms in total. The molecule has 0 aliphatic carbocycles. The second-order valence-corrected chi connectivity index (χ2v) is 1.68. The van der Waals surface area contributed by atoms with E-state index < -0.39 is 0 Å². The van der Waals surface area contributed by atoms with E-state index in [2.05, 4.69) is 10.1 Å². The van der Waals surface area contributed by atoms with Gasteiger partial charge in [-0.25, -0.2) is 0 Å². The van der Waals surface area contributed by atoms with Gasteiger partial charge in [0.1, 0.15) is 0 Å². The largest absolute Gasteiger partial charge is 0.385 e. The highest BCUT2D eigenvalue weighted by Crippen LogP contribution is 1.80. The Morgan fingerprint density at radius 3 is 1.50 bits per heavy atom. The van der Waals surface area contributed by atoms with E-state index in [1.54, 1.807) is 7.11 Å². The quantitative estimate of drug-likeness (QED) is 0.609. The molecule has 0 bridgehead atoms. The van der Waals surface area contributed by atoms with Crippen molar-refractivity contribution < 1.29 is 4.74 Å². The minimum Gasteiger partial charge on any atom is -0.385 e. The third-order valence-electron chi connectivity index (χ3n) is 0.996. The molecule has 0 unspecified atom stereocenters. The molecule has 0 spiro atoms. The molecule has 0 radical (unpaired) electrons. The first-order chi connectivity index (χ1) is 4.91. The average Bonchev–Trinajstić information content (AvgIpc) is 1.89. The lowest BCUT2D eigenvalue weighted by atomic mass is 10.3. The summed E-state index contributed by atoms with van der Waals surface area (Å²) in [6.07, 6.45) is 1.39. The van der Waals surface area contributed by atoms with E-state index in [0.717, 1.165) is 6.61 Å². The Labute approximate surface area is 65.0 Å². The van der Waals surface area contributed by atoms with Crippen LogP contribution in [0.2, 0.25) is 0 Å². The van der Waals surface area contributed by atoms with Crippen LogP contribution in [0.15, 0.2) is 0 Å². The molecule has 1 aliphatic heterocycles. The van der Waals surface area contributed by atoms with Crippen molar-refractivity contribution in [3.05, 3.63) is 0 Å². The van der Waals surface area contributed by atoms with Crippen LogP contribution in [0.1, 0.15) is 27.2 Å². The zero-order valence-corrected chi connectivity index (χ0v) is 7.74. The summed E-state index contributed by atoms with van der Waals surface area (Å²) in [6.45, 7) is 9.28. The predicted octanol–water partition coefficient (Wildman–Crippen LogP) is 1.66. The van der Waals surface area contributed by atoms with Gasteiger partial charge in [-0.3, -0.25) is 0 Å². The van der Waals surface area contributed by atoms with Gasteiger partial charge < -0.3 is 10.1 Å². The van der Waals surface area contributed by atoms with E-state index in [-0.39, 0.29) is 0 Å². The molecule has 2 heteroatoms. The Hall–Kier alpha value is -0.0800. The van der Waals surface area contributed by atoms with Crippen LogP contribution in [-0.4, -0.2) is 26.8 Å². The number of methoxy groups -OCH3 is 1. The second kappa shape index (κ2) is 16.0. The van der Waals surface area contributed by atoms with Gasteiger partial charge in [0.15, 0.2) is 0 Å². The molecular weight excluding hydrogens is 126 g/mol. The number of rotatable bonds is 1. The molecule has 1 fully saturated rings. The lowest BCUT2D eigenvalue weighted by molar-refractivity contribution is 0.215. The summed E-state index contributed by atoms with van der Waals surface area (Å²) in [7, 11) is 1.68. The maximum atomic E-state index is 4.54. The lowest BCUT2D eigenvalue weighted by Gasteiger charge is -2.09. The van der Waals surface area contributed by atoms with Gasteiger partial charge in [0.25, 0.3) is 0 Å². The molecule has 0 aromatic heterocycles. The second-order valence-electron chi connectivity index (χ2n) is 1.68. The predicted molar refractivity (Wildman–Crippen MR) is 46.4 cm³/mol. The topological polar surface area (TPSA) is 21.3 Å². The van der Waals surface area contributed by atoms with Gasteiger partial charge in [-0.05, 0) is 26.4 Å². The summed E-state index contributed by atoms with van der Waals surface area (Å²) < 4.78 is 4.54.